The van der Waals surface area contributed by atoms with Gasteiger partial charge in [0, 0.05) is 36.4 Å². The van der Waals surface area contributed by atoms with Crippen LogP contribution >= 0.6 is 0 Å². The molecule has 2 aromatic rings. The lowest BCUT2D eigenvalue weighted by atomic mass is 9.91. The number of carbonyl (C=O) groups is 1. The molecular weight excluding hydrogens is 439 g/mol. The Hall–Kier alpha value is -3.58. The molecule has 2 aliphatic rings. The van der Waals surface area contributed by atoms with E-state index in [0.29, 0.717) is 0 Å². The zero-order valence-corrected chi connectivity index (χ0v) is 17.5. The van der Waals surface area contributed by atoms with Gasteiger partial charge in [-0.3, -0.25) is 9.80 Å². The predicted molar refractivity (Wildman–Crippen MR) is 117 cm³/mol. The number of nitrogens with one attached hydrogen (secondary N) is 4. The minimum atomic E-state index is -4.57. The molecule has 176 valence electrons. The van der Waals surface area contributed by atoms with Crippen LogP contribution in [-0.2, 0) is 6.18 Å². The van der Waals surface area contributed by atoms with Gasteiger partial charge < -0.3 is 27.5 Å². The predicted octanol–water partition coefficient (Wildman–Crippen LogP) is 2.32. The number of hydrogen-bond donors (Lipinski definition) is 6. The minimum Gasteiger partial charge on any atom is -0.365 e. The van der Waals surface area contributed by atoms with Crippen LogP contribution in [0, 0.1) is 0 Å². The van der Waals surface area contributed by atoms with Gasteiger partial charge >= 0.3 is 6.18 Å². The van der Waals surface area contributed by atoms with Crippen LogP contribution in [0.15, 0.2) is 36.8 Å². The van der Waals surface area contributed by atoms with Crippen molar-refractivity contribution in [1.29, 1.82) is 0 Å². The number of benzene rings is 1. The first kappa shape index (κ1) is 22.6. The molecule has 4 rings (SSSR count). The third-order valence-corrected chi connectivity index (χ3v) is 5.51. The van der Waals surface area contributed by atoms with Crippen LogP contribution in [0.1, 0.15) is 41.6 Å². The normalized spacial score (nSPS) is 20.4. The number of amides is 1. The molecule has 1 saturated carbocycles. The van der Waals surface area contributed by atoms with Gasteiger partial charge in [0.1, 0.15) is 11.4 Å². The highest BCUT2D eigenvalue weighted by atomic mass is 19.4. The monoisotopic (exact) mass is 463 g/mol. The van der Waals surface area contributed by atoms with E-state index in [-0.39, 0.29) is 40.8 Å². The Balaban J connectivity index is 1.65. The fourth-order valence-corrected chi connectivity index (χ4v) is 3.81. The Bertz CT molecular complexity index is 1060. The van der Waals surface area contributed by atoms with E-state index in [1.807, 2.05) is 0 Å². The number of hydrogen-bond acceptors (Lipinski definition) is 9. The first-order valence-corrected chi connectivity index (χ1v) is 10.4. The Morgan fingerprint density at radius 2 is 2.03 bits per heavy atom. The van der Waals surface area contributed by atoms with Crippen molar-refractivity contribution in [3.8, 4) is 0 Å². The third-order valence-electron chi connectivity index (χ3n) is 5.51. The second kappa shape index (κ2) is 9.11. The third kappa shape index (κ3) is 5.09. The zero-order chi connectivity index (χ0) is 23.6. The van der Waals surface area contributed by atoms with Gasteiger partial charge in [-0.05, 0) is 31.0 Å². The molecule has 0 spiro atoms. The Morgan fingerprint density at radius 1 is 1.24 bits per heavy atom. The number of hydrazine groups is 2. The molecular formula is C20H24F3N9O. The van der Waals surface area contributed by atoms with E-state index in [2.05, 4.69) is 31.6 Å². The number of nitrogens with two attached hydrogens (primary N) is 2. The number of primary amides is 1. The van der Waals surface area contributed by atoms with Crippen LogP contribution < -0.4 is 38.1 Å². The van der Waals surface area contributed by atoms with Gasteiger partial charge in [-0.1, -0.05) is 12.8 Å². The average Bonchev–Trinajstić information content (AvgIpc) is 3.29. The van der Waals surface area contributed by atoms with Crippen molar-refractivity contribution in [3.63, 3.8) is 0 Å². The maximum Gasteiger partial charge on any atom is 0.418 e. The Morgan fingerprint density at radius 3 is 2.70 bits per heavy atom. The molecule has 1 aliphatic carbocycles. The summed E-state index contributed by atoms with van der Waals surface area (Å²) in [6.45, 7) is 0. The molecule has 8 N–H and O–H groups in total. The van der Waals surface area contributed by atoms with Crippen molar-refractivity contribution >= 4 is 29.0 Å². The fourth-order valence-electron chi connectivity index (χ4n) is 3.81. The lowest BCUT2D eigenvalue weighted by molar-refractivity contribution is -0.137. The second-order valence-corrected chi connectivity index (χ2v) is 7.82. The lowest BCUT2D eigenvalue weighted by Gasteiger charge is -2.29. The minimum absolute atomic E-state index is 0.00389. The fraction of sp³-hybridized carbons (Fsp3) is 0.350. The van der Waals surface area contributed by atoms with Crippen LogP contribution in [0.5, 0.6) is 0 Å². The summed E-state index contributed by atoms with van der Waals surface area (Å²) in [5, 5.41) is 7.26. The quantitative estimate of drug-likeness (QED) is 0.380. The largest absolute Gasteiger partial charge is 0.418 e. The summed E-state index contributed by atoms with van der Waals surface area (Å²) < 4.78 is 40.6. The topological polar surface area (TPSA) is 146 Å². The van der Waals surface area contributed by atoms with E-state index >= 15 is 0 Å². The van der Waals surface area contributed by atoms with E-state index in [1.54, 1.807) is 0 Å². The molecule has 1 fully saturated rings. The average molecular weight is 463 g/mol. The van der Waals surface area contributed by atoms with Crippen molar-refractivity contribution in [2.75, 3.05) is 15.6 Å². The van der Waals surface area contributed by atoms with E-state index in [9.17, 15) is 18.0 Å². The summed E-state index contributed by atoms with van der Waals surface area (Å²) in [4.78, 5) is 20.4. The summed E-state index contributed by atoms with van der Waals surface area (Å²) in [6, 6.07) is 3.39. The van der Waals surface area contributed by atoms with Gasteiger partial charge in [-0.25, -0.2) is 4.98 Å². The van der Waals surface area contributed by atoms with Gasteiger partial charge in [0.05, 0.1) is 11.3 Å². The van der Waals surface area contributed by atoms with Crippen molar-refractivity contribution in [3.05, 3.63) is 47.9 Å². The zero-order valence-electron chi connectivity index (χ0n) is 17.5. The number of alkyl halides is 3. The SMILES string of the molecule is NC(=O)c1cnc(N[C@@H]2CCCC[C@@H]2N)nc1Nc1ccc(C(F)(F)F)c(N2C=CNN2)c1. The summed E-state index contributed by atoms with van der Waals surface area (Å²) in [5.41, 5.74) is 16.1. The van der Waals surface area contributed by atoms with E-state index in [0.717, 1.165) is 31.7 Å². The van der Waals surface area contributed by atoms with Crippen molar-refractivity contribution in [1.82, 2.24) is 20.9 Å². The molecule has 0 radical (unpaired) electrons. The summed E-state index contributed by atoms with van der Waals surface area (Å²) in [7, 11) is 0. The van der Waals surface area contributed by atoms with Crippen LogP contribution in [0.4, 0.5) is 36.3 Å². The summed E-state index contributed by atoms with van der Waals surface area (Å²) in [5.74, 6) is -0.470. The molecule has 0 saturated heterocycles. The molecule has 2 heterocycles. The highest BCUT2D eigenvalue weighted by Crippen LogP contribution is 2.38. The Labute approximate surface area is 187 Å². The molecule has 1 amide bonds. The molecule has 0 unspecified atom stereocenters. The van der Waals surface area contributed by atoms with Gasteiger partial charge in [-0.2, -0.15) is 18.2 Å². The Kier molecular flexibility index (Phi) is 6.24. The first-order chi connectivity index (χ1) is 15.7. The first-order valence-electron chi connectivity index (χ1n) is 10.4. The molecule has 1 aliphatic heterocycles. The number of anilines is 4. The molecule has 1 aromatic heterocycles. The number of halogens is 3. The molecule has 0 bridgehead atoms. The van der Waals surface area contributed by atoms with E-state index in [1.165, 1.54) is 35.7 Å². The number of carbonyl (C=O) groups excluding carboxylic acids is 1. The summed E-state index contributed by atoms with van der Waals surface area (Å²) >= 11 is 0. The van der Waals surface area contributed by atoms with Gasteiger partial charge in [0.25, 0.3) is 5.91 Å². The smallest absolute Gasteiger partial charge is 0.365 e. The highest BCUT2D eigenvalue weighted by Gasteiger charge is 2.35. The van der Waals surface area contributed by atoms with Crippen molar-refractivity contribution < 1.29 is 18.0 Å². The van der Waals surface area contributed by atoms with E-state index < -0.39 is 17.6 Å². The van der Waals surface area contributed by atoms with Crippen LogP contribution in [0.25, 0.3) is 0 Å². The summed E-state index contributed by atoms with van der Waals surface area (Å²) in [6.07, 6.45) is 3.37. The standard InChI is InChI=1S/C20H24F3N9O/c21-20(22,23)13-6-5-11(9-16(13)32-8-7-27-31-32)28-18-12(17(25)33)10-26-19(30-18)29-15-4-2-1-3-14(15)24/h5-10,14-15,27,31H,1-4,24H2,(H2,25,33)(H2,26,28,29,30)/t14-,15+/m0/s1. The van der Waals surface area contributed by atoms with Crippen molar-refractivity contribution in [2.45, 2.75) is 43.9 Å². The van der Waals surface area contributed by atoms with Crippen LogP contribution in [-0.4, -0.2) is 28.0 Å². The number of nitrogens with zero attached hydrogens (tertiary/aromatic N) is 3. The molecule has 13 heteroatoms. The lowest BCUT2D eigenvalue weighted by Crippen LogP contribution is -2.43. The maximum absolute atomic E-state index is 13.5. The van der Waals surface area contributed by atoms with Crippen molar-refractivity contribution in [2.24, 2.45) is 11.5 Å². The maximum atomic E-state index is 13.5. The van der Waals surface area contributed by atoms with Gasteiger partial charge in [-0.15, -0.1) is 5.53 Å². The van der Waals surface area contributed by atoms with Gasteiger partial charge in [0.15, 0.2) is 0 Å². The second-order valence-electron chi connectivity index (χ2n) is 7.82. The van der Waals surface area contributed by atoms with Crippen LogP contribution in [0.2, 0.25) is 0 Å². The molecule has 1 aromatic carbocycles. The van der Waals surface area contributed by atoms with E-state index in [4.69, 9.17) is 11.5 Å². The van der Waals surface area contributed by atoms with Crippen LogP contribution in [0.3, 0.4) is 0 Å². The molecule has 33 heavy (non-hydrogen) atoms. The number of aromatic nitrogens is 2. The molecule has 10 nitrogen and oxygen atoms in total. The van der Waals surface area contributed by atoms with Gasteiger partial charge in [0.2, 0.25) is 5.95 Å². The highest BCUT2D eigenvalue weighted by molar-refractivity contribution is 5.98. The molecule has 2 atom stereocenters. The number of rotatable bonds is 6.